The lowest BCUT2D eigenvalue weighted by Crippen LogP contribution is -2.14. The third-order valence-corrected chi connectivity index (χ3v) is 3.55. The van der Waals surface area contributed by atoms with E-state index >= 15 is 0 Å². The smallest absolute Gasteiger partial charge is 0.126 e. The molecule has 1 aromatic carbocycles. The van der Waals surface area contributed by atoms with E-state index in [0.29, 0.717) is 5.56 Å². The van der Waals surface area contributed by atoms with Gasteiger partial charge in [-0.1, -0.05) is 12.1 Å². The van der Waals surface area contributed by atoms with Gasteiger partial charge in [-0.3, -0.25) is 4.68 Å². The van der Waals surface area contributed by atoms with Crippen LogP contribution in [0.5, 0.6) is 0 Å². The molecule has 1 saturated heterocycles. The molecular weight excluding hydrogens is 243 g/mol. The van der Waals surface area contributed by atoms with Crippen molar-refractivity contribution in [3.63, 3.8) is 0 Å². The molecule has 0 radical (unpaired) electrons. The van der Waals surface area contributed by atoms with E-state index in [2.05, 4.69) is 5.10 Å². The summed E-state index contributed by atoms with van der Waals surface area (Å²) in [6.07, 6.45) is 6.21. The van der Waals surface area contributed by atoms with Gasteiger partial charge in [-0.05, 0) is 37.0 Å². The summed E-state index contributed by atoms with van der Waals surface area (Å²) in [6.45, 7) is 3.39. The Labute approximate surface area is 112 Å². The van der Waals surface area contributed by atoms with Gasteiger partial charge in [-0.25, -0.2) is 4.39 Å². The van der Waals surface area contributed by atoms with Gasteiger partial charge in [0, 0.05) is 18.4 Å². The maximum Gasteiger partial charge on any atom is 0.126 e. The predicted molar refractivity (Wildman–Crippen MR) is 71.3 cm³/mol. The van der Waals surface area contributed by atoms with Crippen LogP contribution in [0, 0.1) is 12.7 Å². The number of halogens is 1. The largest absolute Gasteiger partial charge is 0.376 e. The molecule has 0 saturated carbocycles. The summed E-state index contributed by atoms with van der Waals surface area (Å²) >= 11 is 0. The maximum atomic E-state index is 13.6. The molecule has 0 amide bonds. The van der Waals surface area contributed by atoms with Crippen LogP contribution in [0.4, 0.5) is 4.39 Å². The Hall–Kier alpha value is -1.68. The molecule has 2 heterocycles. The molecule has 1 aliphatic heterocycles. The Balaban J connectivity index is 1.78. The first-order chi connectivity index (χ1) is 9.22. The highest BCUT2D eigenvalue weighted by Crippen LogP contribution is 2.22. The molecule has 0 spiro atoms. The fraction of sp³-hybridized carbons (Fsp3) is 0.400. The maximum absolute atomic E-state index is 13.6. The van der Waals surface area contributed by atoms with Gasteiger partial charge in [0.25, 0.3) is 0 Å². The second-order valence-corrected chi connectivity index (χ2v) is 5.05. The number of nitrogens with zero attached hydrogens (tertiary/aromatic N) is 2. The number of aryl methyl sites for hydroxylation is 1. The van der Waals surface area contributed by atoms with Crippen molar-refractivity contribution >= 4 is 0 Å². The van der Waals surface area contributed by atoms with Crippen molar-refractivity contribution in [2.45, 2.75) is 32.4 Å². The number of benzene rings is 1. The van der Waals surface area contributed by atoms with E-state index in [-0.39, 0.29) is 11.9 Å². The first-order valence-corrected chi connectivity index (χ1v) is 6.63. The number of ether oxygens (including phenoxy) is 1. The van der Waals surface area contributed by atoms with Crippen LogP contribution < -0.4 is 0 Å². The molecule has 1 unspecified atom stereocenters. The number of hydrogen-bond acceptors (Lipinski definition) is 2. The van der Waals surface area contributed by atoms with Gasteiger partial charge in [0.1, 0.15) is 5.82 Å². The minimum Gasteiger partial charge on any atom is -0.376 e. The Kier molecular flexibility index (Phi) is 3.34. The molecule has 4 heteroatoms. The molecule has 0 bridgehead atoms. The fourth-order valence-corrected chi connectivity index (χ4v) is 2.38. The van der Waals surface area contributed by atoms with Gasteiger partial charge in [0.15, 0.2) is 0 Å². The van der Waals surface area contributed by atoms with Crippen LogP contribution >= 0.6 is 0 Å². The lowest BCUT2D eigenvalue weighted by Gasteiger charge is -2.08. The molecule has 19 heavy (non-hydrogen) atoms. The third kappa shape index (κ3) is 2.68. The van der Waals surface area contributed by atoms with E-state index in [4.69, 9.17) is 4.74 Å². The molecule has 1 atom stereocenters. The lowest BCUT2D eigenvalue weighted by molar-refractivity contribution is 0.0940. The van der Waals surface area contributed by atoms with Crippen molar-refractivity contribution < 1.29 is 9.13 Å². The summed E-state index contributed by atoms with van der Waals surface area (Å²) < 4.78 is 21.0. The van der Waals surface area contributed by atoms with Crippen molar-refractivity contribution in [3.05, 3.63) is 42.0 Å². The average Bonchev–Trinajstić information content (AvgIpc) is 3.05. The summed E-state index contributed by atoms with van der Waals surface area (Å²) in [5, 5.41) is 4.32. The van der Waals surface area contributed by atoms with Gasteiger partial charge >= 0.3 is 0 Å². The SMILES string of the molecule is Cc1ccc(-c2cnn(CC3CCCO3)c2)cc1F. The van der Waals surface area contributed by atoms with Crippen LogP contribution in [0.15, 0.2) is 30.6 Å². The standard InChI is InChI=1S/C15H17FN2O/c1-11-4-5-12(7-15(11)16)13-8-17-18(9-13)10-14-3-2-6-19-14/h4-5,7-9,14H,2-3,6,10H2,1H3. The second kappa shape index (κ2) is 5.13. The van der Waals surface area contributed by atoms with Crippen LogP contribution in [0.3, 0.4) is 0 Å². The molecule has 1 fully saturated rings. The molecule has 2 aromatic rings. The number of hydrogen-bond donors (Lipinski definition) is 0. The van der Waals surface area contributed by atoms with Crippen LogP contribution in [0.25, 0.3) is 11.1 Å². The minimum atomic E-state index is -0.177. The molecule has 0 aliphatic carbocycles. The van der Waals surface area contributed by atoms with E-state index in [9.17, 15) is 4.39 Å². The van der Waals surface area contributed by atoms with Crippen LogP contribution in [-0.4, -0.2) is 22.5 Å². The molecule has 3 rings (SSSR count). The summed E-state index contributed by atoms with van der Waals surface area (Å²) in [5.41, 5.74) is 2.47. The summed E-state index contributed by atoms with van der Waals surface area (Å²) in [7, 11) is 0. The van der Waals surface area contributed by atoms with Crippen LogP contribution in [0.2, 0.25) is 0 Å². The first-order valence-electron chi connectivity index (χ1n) is 6.63. The van der Waals surface area contributed by atoms with Gasteiger partial charge in [-0.15, -0.1) is 0 Å². The highest BCUT2D eigenvalue weighted by Gasteiger charge is 2.16. The van der Waals surface area contributed by atoms with E-state index in [0.717, 1.165) is 37.1 Å². The summed E-state index contributed by atoms with van der Waals surface area (Å²) in [4.78, 5) is 0. The van der Waals surface area contributed by atoms with Crippen molar-refractivity contribution in [2.24, 2.45) is 0 Å². The van der Waals surface area contributed by atoms with Crippen LogP contribution in [0.1, 0.15) is 18.4 Å². The fourth-order valence-electron chi connectivity index (χ4n) is 2.38. The van der Waals surface area contributed by atoms with E-state index in [1.54, 1.807) is 25.3 Å². The van der Waals surface area contributed by atoms with Crippen LogP contribution in [-0.2, 0) is 11.3 Å². The third-order valence-electron chi connectivity index (χ3n) is 3.55. The zero-order valence-electron chi connectivity index (χ0n) is 11.0. The number of rotatable bonds is 3. The molecule has 1 aromatic heterocycles. The number of aromatic nitrogens is 2. The highest BCUT2D eigenvalue weighted by molar-refractivity contribution is 5.62. The quantitative estimate of drug-likeness (QED) is 0.847. The van der Waals surface area contributed by atoms with Gasteiger partial charge in [0.05, 0.1) is 18.8 Å². The Morgan fingerprint density at radius 3 is 3.05 bits per heavy atom. The van der Waals surface area contributed by atoms with Gasteiger partial charge in [-0.2, -0.15) is 5.10 Å². The summed E-state index contributed by atoms with van der Waals surface area (Å²) in [6, 6.07) is 5.27. The van der Waals surface area contributed by atoms with E-state index < -0.39 is 0 Å². The van der Waals surface area contributed by atoms with Crippen molar-refractivity contribution in [1.82, 2.24) is 9.78 Å². The summed E-state index contributed by atoms with van der Waals surface area (Å²) in [5.74, 6) is -0.177. The van der Waals surface area contributed by atoms with Gasteiger partial charge in [0.2, 0.25) is 0 Å². The zero-order chi connectivity index (χ0) is 13.2. The molecule has 3 nitrogen and oxygen atoms in total. The Morgan fingerprint density at radius 2 is 2.32 bits per heavy atom. The lowest BCUT2D eigenvalue weighted by atomic mass is 10.1. The minimum absolute atomic E-state index is 0.177. The Morgan fingerprint density at radius 1 is 1.42 bits per heavy atom. The average molecular weight is 260 g/mol. The van der Waals surface area contributed by atoms with E-state index in [1.165, 1.54) is 0 Å². The normalized spacial score (nSPS) is 18.9. The molecular formula is C15H17FN2O. The zero-order valence-corrected chi connectivity index (χ0v) is 11.0. The van der Waals surface area contributed by atoms with Crippen molar-refractivity contribution in [3.8, 4) is 11.1 Å². The van der Waals surface area contributed by atoms with Crippen molar-refractivity contribution in [2.75, 3.05) is 6.61 Å². The molecule has 1 aliphatic rings. The van der Waals surface area contributed by atoms with Crippen molar-refractivity contribution in [1.29, 1.82) is 0 Å². The van der Waals surface area contributed by atoms with Gasteiger partial charge < -0.3 is 4.74 Å². The monoisotopic (exact) mass is 260 g/mol. The molecule has 100 valence electrons. The first kappa shape index (κ1) is 12.4. The Bertz CT molecular complexity index is 573. The second-order valence-electron chi connectivity index (χ2n) is 5.05. The highest BCUT2D eigenvalue weighted by atomic mass is 19.1. The predicted octanol–water partition coefficient (Wildman–Crippen LogP) is 3.18. The molecule has 0 N–H and O–H groups in total. The van der Waals surface area contributed by atoms with E-state index in [1.807, 2.05) is 16.9 Å². The topological polar surface area (TPSA) is 27.1 Å².